The maximum atomic E-state index is 5.26. The zero-order valence-corrected chi connectivity index (χ0v) is 12.4. The van der Waals surface area contributed by atoms with Gasteiger partial charge < -0.3 is 8.94 Å². The predicted octanol–water partition coefficient (Wildman–Crippen LogP) is 3.42. The molecular formula is C13H13BrN4O2. The highest BCUT2D eigenvalue weighted by molar-refractivity contribution is 9.09. The monoisotopic (exact) mass is 336 g/mol. The van der Waals surface area contributed by atoms with Gasteiger partial charge in [-0.2, -0.15) is 0 Å². The van der Waals surface area contributed by atoms with Gasteiger partial charge in [-0.25, -0.2) is 4.68 Å². The van der Waals surface area contributed by atoms with E-state index < -0.39 is 0 Å². The van der Waals surface area contributed by atoms with E-state index in [-0.39, 0.29) is 4.83 Å². The van der Waals surface area contributed by atoms with E-state index in [9.17, 15) is 0 Å². The van der Waals surface area contributed by atoms with Crippen molar-refractivity contribution in [1.29, 1.82) is 0 Å². The van der Waals surface area contributed by atoms with Crippen LogP contribution >= 0.6 is 15.9 Å². The molecular weight excluding hydrogens is 324 g/mol. The van der Waals surface area contributed by atoms with Crippen LogP contribution in [-0.4, -0.2) is 20.2 Å². The van der Waals surface area contributed by atoms with Crippen LogP contribution in [0.25, 0.3) is 11.5 Å². The number of alkyl halides is 1. The third kappa shape index (κ3) is 2.67. The number of hydrogen-bond donors (Lipinski definition) is 0. The van der Waals surface area contributed by atoms with Crippen molar-refractivity contribution in [2.75, 3.05) is 0 Å². The molecule has 0 radical (unpaired) electrons. The minimum Gasteiger partial charge on any atom is -0.461 e. The molecule has 0 fully saturated rings. The molecule has 0 aliphatic heterocycles. The standard InChI is InChI=1S/C13H13BrN4O2/c1-2-10(14)11-8-18(17-15-11)7-9-6-13(20-16-9)12-4-3-5-19-12/h3-6,8,10H,2,7H2,1H3. The fourth-order valence-corrected chi connectivity index (χ4v) is 2.04. The lowest BCUT2D eigenvalue weighted by molar-refractivity contribution is 0.407. The van der Waals surface area contributed by atoms with Crippen LogP contribution in [0, 0.1) is 0 Å². The first-order valence-corrected chi connectivity index (χ1v) is 7.21. The second-order valence-electron chi connectivity index (χ2n) is 4.38. The van der Waals surface area contributed by atoms with Crippen LogP contribution < -0.4 is 0 Å². The highest BCUT2D eigenvalue weighted by Crippen LogP contribution is 2.24. The van der Waals surface area contributed by atoms with Crippen molar-refractivity contribution in [1.82, 2.24) is 20.2 Å². The summed E-state index contributed by atoms with van der Waals surface area (Å²) in [6.45, 7) is 2.60. The molecule has 1 unspecified atom stereocenters. The van der Waals surface area contributed by atoms with Gasteiger partial charge in [-0.15, -0.1) is 5.10 Å². The zero-order chi connectivity index (χ0) is 13.9. The van der Waals surface area contributed by atoms with Crippen molar-refractivity contribution in [2.24, 2.45) is 0 Å². The lowest BCUT2D eigenvalue weighted by Crippen LogP contribution is -2.00. The van der Waals surface area contributed by atoms with Crippen molar-refractivity contribution in [3.8, 4) is 11.5 Å². The van der Waals surface area contributed by atoms with Gasteiger partial charge in [0.1, 0.15) is 5.69 Å². The highest BCUT2D eigenvalue weighted by Gasteiger charge is 2.12. The lowest BCUT2D eigenvalue weighted by Gasteiger charge is -1.98. The molecule has 3 aromatic heterocycles. The molecule has 0 aliphatic carbocycles. The van der Waals surface area contributed by atoms with E-state index >= 15 is 0 Å². The number of rotatable bonds is 5. The molecule has 6 nitrogen and oxygen atoms in total. The molecule has 1 atom stereocenters. The molecule has 0 bridgehead atoms. The molecule has 7 heteroatoms. The van der Waals surface area contributed by atoms with Gasteiger partial charge >= 0.3 is 0 Å². The summed E-state index contributed by atoms with van der Waals surface area (Å²) < 4.78 is 12.2. The first-order valence-electron chi connectivity index (χ1n) is 6.30. The molecule has 104 valence electrons. The van der Waals surface area contributed by atoms with Crippen LogP contribution in [-0.2, 0) is 6.54 Å². The van der Waals surface area contributed by atoms with E-state index in [1.807, 2.05) is 24.4 Å². The predicted molar refractivity (Wildman–Crippen MR) is 75.3 cm³/mol. The molecule has 0 N–H and O–H groups in total. The van der Waals surface area contributed by atoms with Gasteiger partial charge in [-0.1, -0.05) is 33.2 Å². The van der Waals surface area contributed by atoms with Gasteiger partial charge in [0, 0.05) is 6.07 Å². The second-order valence-corrected chi connectivity index (χ2v) is 5.48. The smallest absolute Gasteiger partial charge is 0.202 e. The summed E-state index contributed by atoms with van der Waals surface area (Å²) in [5.74, 6) is 1.27. The minimum absolute atomic E-state index is 0.229. The minimum atomic E-state index is 0.229. The van der Waals surface area contributed by atoms with Crippen molar-refractivity contribution in [3.05, 3.63) is 42.0 Å². The Morgan fingerprint density at radius 2 is 2.30 bits per heavy atom. The summed E-state index contributed by atoms with van der Waals surface area (Å²) in [5, 5.41) is 12.2. The Balaban J connectivity index is 1.73. The van der Waals surface area contributed by atoms with Crippen molar-refractivity contribution in [2.45, 2.75) is 24.7 Å². The van der Waals surface area contributed by atoms with E-state index in [1.54, 1.807) is 10.9 Å². The van der Waals surface area contributed by atoms with Gasteiger partial charge in [0.25, 0.3) is 0 Å². The summed E-state index contributed by atoms with van der Waals surface area (Å²) in [6.07, 6.45) is 4.47. The molecule has 0 saturated carbocycles. The summed E-state index contributed by atoms with van der Waals surface area (Å²) in [4.78, 5) is 0.229. The van der Waals surface area contributed by atoms with E-state index in [4.69, 9.17) is 8.94 Å². The van der Waals surface area contributed by atoms with E-state index in [1.165, 1.54) is 0 Å². The van der Waals surface area contributed by atoms with Crippen LogP contribution in [0.4, 0.5) is 0 Å². The Morgan fingerprint density at radius 3 is 3.05 bits per heavy atom. The van der Waals surface area contributed by atoms with Crippen molar-refractivity contribution < 1.29 is 8.94 Å². The summed E-state index contributed by atoms with van der Waals surface area (Å²) in [6, 6.07) is 5.47. The maximum absolute atomic E-state index is 5.26. The fraction of sp³-hybridized carbons (Fsp3) is 0.308. The molecule has 3 rings (SSSR count). The molecule has 20 heavy (non-hydrogen) atoms. The average molecular weight is 337 g/mol. The summed E-state index contributed by atoms with van der Waals surface area (Å²) >= 11 is 3.55. The van der Waals surface area contributed by atoms with Crippen LogP contribution in [0.5, 0.6) is 0 Å². The molecule has 3 heterocycles. The third-order valence-electron chi connectivity index (χ3n) is 2.88. The fourth-order valence-electron chi connectivity index (χ4n) is 1.83. The van der Waals surface area contributed by atoms with Crippen LogP contribution in [0.2, 0.25) is 0 Å². The summed E-state index contributed by atoms with van der Waals surface area (Å²) in [5.41, 5.74) is 1.69. The molecule has 0 spiro atoms. The lowest BCUT2D eigenvalue weighted by atomic mass is 10.3. The molecule has 0 aromatic carbocycles. The Labute approximate surface area is 123 Å². The van der Waals surface area contributed by atoms with Gasteiger partial charge in [-0.3, -0.25) is 0 Å². The first kappa shape index (κ1) is 13.1. The first-order chi connectivity index (χ1) is 9.76. The van der Waals surface area contributed by atoms with Crippen LogP contribution in [0.3, 0.4) is 0 Å². The van der Waals surface area contributed by atoms with Gasteiger partial charge in [0.2, 0.25) is 5.76 Å². The third-order valence-corrected chi connectivity index (χ3v) is 4.00. The van der Waals surface area contributed by atoms with E-state index in [0.717, 1.165) is 17.8 Å². The Bertz CT molecular complexity index is 674. The highest BCUT2D eigenvalue weighted by atomic mass is 79.9. The Hall–Kier alpha value is -1.89. The van der Waals surface area contributed by atoms with Crippen molar-refractivity contribution >= 4 is 15.9 Å². The number of aromatic nitrogens is 4. The molecule has 3 aromatic rings. The Kier molecular flexibility index (Phi) is 3.68. The van der Waals surface area contributed by atoms with Crippen LogP contribution in [0.1, 0.15) is 29.6 Å². The van der Waals surface area contributed by atoms with E-state index in [2.05, 4.69) is 38.3 Å². The number of hydrogen-bond acceptors (Lipinski definition) is 5. The second kappa shape index (κ2) is 5.62. The van der Waals surface area contributed by atoms with Gasteiger partial charge in [0.05, 0.1) is 29.5 Å². The molecule has 0 aliphatic rings. The van der Waals surface area contributed by atoms with Gasteiger partial charge in [0.15, 0.2) is 5.76 Å². The maximum Gasteiger partial charge on any atom is 0.202 e. The number of nitrogens with zero attached hydrogens (tertiary/aromatic N) is 4. The van der Waals surface area contributed by atoms with Crippen LogP contribution in [0.15, 0.2) is 39.6 Å². The zero-order valence-electron chi connectivity index (χ0n) is 10.9. The topological polar surface area (TPSA) is 69.9 Å². The van der Waals surface area contributed by atoms with Crippen molar-refractivity contribution in [3.63, 3.8) is 0 Å². The molecule has 0 saturated heterocycles. The van der Waals surface area contributed by atoms with E-state index in [0.29, 0.717) is 18.1 Å². The largest absolute Gasteiger partial charge is 0.461 e. The number of halogens is 1. The molecule has 0 amide bonds. The summed E-state index contributed by atoms with van der Waals surface area (Å²) in [7, 11) is 0. The average Bonchev–Trinajstić information content (AvgIpc) is 3.19. The normalized spacial score (nSPS) is 12.7. The Morgan fingerprint density at radius 1 is 1.40 bits per heavy atom. The van der Waals surface area contributed by atoms with Gasteiger partial charge in [-0.05, 0) is 18.6 Å². The SMILES string of the molecule is CCC(Br)c1cn(Cc2cc(-c3ccco3)on2)nn1. The quantitative estimate of drug-likeness (QED) is 0.667. The number of furan rings is 1.